The average Bonchev–Trinajstić information content (AvgIpc) is 3.71. The van der Waals surface area contributed by atoms with Crippen molar-refractivity contribution in [3.63, 3.8) is 0 Å². The van der Waals surface area contributed by atoms with Gasteiger partial charge in [0.15, 0.2) is 17.5 Å². The van der Waals surface area contributed by atoms with Crippen LogP contribution in [0, 0.1) is 0 Å². The largest absolute Gasteiger partial charge is 0.456 e. The highest BCUT2D eigenvalue weighted by Crippen LogP contribution is 2.42. The van der Waals surface area contributed by atoms with Crippen molar-refractivity contribution in [2.24, 2.45) is 0 Å². The third kappa shape index (κ3) is 5.04. The van der Waals surface area contributed by atoms with E-state index in [1.54, 1.807) is 72.8 Å². The molecule has 4 heteroatoms. The molecule has 0 N–H and O–H groups in total. The Morgan fingerprint density at radius 3 is 1.86 bits per heavy atom. The third-order valence-electron chi connectivity index (χ3n) is 8.58. The molecule has 0 unspecified atom stereocenters. The molecule has 0 atom stereocenters. The molecule has 0 saturated heterocycles. The molecule has 0 bridgehead atoms. The molecule has 0 aliphatic rings. The summed E-state index contributed by atoms with van der Waals surface area (Å²) in [7, 11) is 0. The second-order valence-corrected chi connectivity index (χ2v) is 11.6. The fourth-order valence-corrected chi connectivity index (χ4v) is 6.26. The van der Waals surface area contributed by atoms with E-state index in [2.05, 4.69) is 4.98 Å². The summed E-state index contributed by atoms with van der Waals surface area (Å²) in [5, 5.41) is 2.16. The Hall–Kier alpha value is -6.91. The molecule has 4 nitrogen and oxygen atoms in total. The van der Waals surface area contributed by atoms with Crippen molar-refractivity contribution in [3.8, 4) is 56.4 Å². The zero-order valence-corrected chi connectivity index (χ0v) is 26.3. The van der Waals surface area contributed by atoms with Crippen molar-refractivity contribution in [1.82, 2.24) is 15.0 Å². The standard InChI is InChI=1S/C47H29N3O/c1-3-12-30(13-4-1)31-22-24-34(25-23-31)46-48-45(33-15-5-2-6-16-33)49-47(50-46)35-26-27-42-41(28-35)44-39-20-10-9-19-38(39)40(29-43(44)51-42)37-21-11-17-32-14-7-8-18-36(32)37/h1-29H/i1D,3D,4D,7D,8D,11D,12D,13D,14D,17D,18D,21D,22D,23D,24D,25D. The van der Waals surface area contributed by atoms with Crippen LogP contribution in [0.2, 0.25) is 0 Å². The first-order valence-corrected chi connectivity index (χ1v) is 15.8. The van der Waals surface area contributed by atoms with Gasteiger partial charge in [-0.1, -0.05) is 151 Å². The van der Waals surface area contributed by atoms with Gasteiger partial charge in [0, 0.05) is 27.5 Å². The first-order chi connectivity index (χ1) is 31.9. The van der Waals surface area contributed by atoms with Gasteiger partial charge >= 0.3 is 0 Å². The van der Waals surface area contributed by atoms with Gasteiger partial charge in [0.1, 0.15) is 11.2 Å². The molecular weight excluding hydrogens is 623 g/mol. The zero-order valence-electron chi connectivity index (χ0n) is 42.3. The lowest BCUT2D eigenvalue weighted by atomic mass is 9.92. The van der Waals surface area contributed by atoms with Gasteiger partial charge in [-0.25, -0.2) is 15.0 Å². The Labute approximate surface area is 316 Å². The molecule has 10 rings (SSSR count). The smallest absolute Gasteiger partial charge is 0.164 e. The molecule has 8 aromatic carbocycles. The average molecular weight is 668 g/mol. The summed E-state index contributed by atoms with van der Waals surface area (Å²) < 4.78 is 145. The minimum absolute atomic E-state index is 0.0453. The molecule has 10 aromatic rings. The van der Waals surface area contributed by atoms with Gasteiger partial charge in [0.2, 0.25) is 0 Å². The van der Waals surface area contributed by atoms with Crippen LogP contribution in [0.3, 0.4) is 0 Å². The fraction of sp³-hybridized carbons (Fsp3) is 0. The lowest BCUT2D eigenvalue weighted by molar-refractivity contribution is 0.669. The minimum atomic E-state index is -0.696. The first-order valence-electron chi connectivity index (χ1n) is 23.8. The molecule has 0 aliphatic carbocycles. The predicted molar refractivity (Wildman–Crippen MR) is 209 cm³/mol. The molecule has 2 aromatic heterocycles. The van der Waals surface area contributed by atoms with Crippen LogP contribution >= 0.6 is 0 Å². The van der Waals surface area contributed by atoms with Crippen LogP contribution in [0.5, 0.6) is 0 Å². The Morgan fingerprint density at radius 1 is 0.392 bits per heavy atom. The molecule has 0 fully saturated rings. The molecule has 0 saturated carbocycles. The zero-order chi connectivity index (χ0) is 47.7. The summed E-state index contributed by atoms with van der Waals surface area (Å²) in [5.74, 6) is -0.0293. The van der Waals surface area contributed by atoms with Crippen LogP contribution in [0.1, 0.15) is 21.9 Å². The van der Waals surface area contributed by atoms with Crippen LogP contribution in [-0.4, -0.2) is 15.0 Å². The molecular formula is C47H29N3O. The van der Waals surface area contributed by atoms with Crippen molar-refractivity contribution < 1.29 is 26.3 Å². The summed E-state index contributed by atoms with van der Waals surface area (Å²) in [6.07, 6.45) is 0. The van der Waals surface area contributed by atoms with E-state index in [1.807, 2.05) is 6.07 Å². The first kappa shape index (κ1) is 17.1. The van der Waals surface area contributed by atoms with Gasteiger partial charge in [-0.05, 0) is 68.1 Å². The molecule has 2 heterocycles. The lowest BCUT2D eigenvalue weighted by Gasteiger charge is -2.11. The third-order valence-corrected chi connectivity index (χ3v) is 8.58. The quantitative estimate of drug-likeness (QED) is 0.183. The highest BCUT2D eigenvalue weighted by atomic mass is 16.3. The second-order valence-electron chi connectivity index (χ2n) is 11.6. The number of rotatable bonds is 5. The van der Waals surface area contributed by atoms with E-state index < -0.39 is 108 Å². The van der Waals surface area contributed by atoms with E-state index in [4.69, 9.17) is 36.3 Å². The molecule has 0 spiro atoms. The van der Waals surface area contributed by atoms with Crippen LogP contribution in [-0.2, 0) is 0 Å². The maximum absolute atomic E-state index is 9.13. The van der Waals surface area contributed by atoms with E-state index in [0.29, 0.717) is 49.4 Å². The minimum Gasteiger partial charge on any atom is -0.456 e. The molecule has 0 aliphatic heterocycles. The van der Waals surface area contributed by atoms with E-state index in [0.717, 1.165) is 0 Å². The van der Waals surface area contributed by atoms with Crippen LogP contribution < -0.4 is 0 Å². The second kappa shape index (κ2) is 11.9. The van der Waals surface area contributed by atoms with Gasteiger partial charge in [0.25, 0.3) is 0 Å². The van der Waals surface area contributed by atoms with Crippen molar-refractivity contribution in [3.05, 3.63) is 176 Å². The maximum atomic E-state index is 9.13. The van der Waals surface area contributed by atoms with E-state index in [-0.39, 0.29) is 39.4 Å². The van der Waals surface area contributed by atoms with Gasteiger partial charge in [-0.2, -0.15) is 0 Å². The van der Waals surface area contributed by atoms with Crippen molar-refractivity contribution >= 4 is 43.5 Å². The molecule has 51 heavy (non-hydrogen) atoms. The van der Waals surface area contributed by atoms with Gasteiger partial charge < -0.3 is 4.42 Å². The fourth-order valence-electron chi connectivity index (χ4n) is 6.26. The van der Waals surface area contributed by atoms with E-state index >= 15 is 0 Å². The van der Waals surface area contributed by atoms with Gasteiger partial charge in [-0.15, -0.1) is 0 Å². The topological polar surface area (TPSA) is 51.8 Å². The van der Waals surface area contributed by atoms with E-state index in [9.17, 15) is 0 Å². The summed E-state index contributed by atoms with van der Waals surface area (Å²) in [5.41, 5.74) is 0.827. The van der Waals surface area contributed by atoms with Crippen LogP contribution in [0.4, 0.5) is 0 Å². The highest BCUT2D eigenvalue weighted by Gasteiger charge is 2.18. The van der Waals surface area contributed by atoms with E-state index in [1.165, 1.54) is 0 Å². The molecule has 0 amide bonds. The van der Waals surface area contributed by atoms with Gasteiger partial charge in [0.05, 0.1) is 21.9 Å². The Bertz CT molecular complexity index is 3770. The molecule has 0 radical (unpaired) electrons. The summed E-state index contributed by atoms with van der Waals surface area (Å²) in [4.78, 5) is 14.1. The predicted octanol–water partition coefficient (Wildman–Crippen LogP) is 12.4. The monoisotopic (exact) mass is 667 g/mol. The lowest BCUT2D eigenvalue weighted by Crippen LogP contribution is -2.00. The number of aromatic nitrogens is 3. The van der Waals surface area contributed by atoms with Crippen molar-refractivity contribution in [2.75, 3.05) is 0 Å². The number of hydrogen-bond acceptors (Lipinski definition) is 4. The van der Waals surface area contributed by atoms with Crippen LogP contribution in [0.15, 0.2) is 180 Å². The Balaban J connectivity index is 1.21. The normalized spacial score (nSPS) is 15.9. The maximum Gasteiger partial charge on any atom is 0.164 e. The summed E-state index contributed by atoms with van der Waals surface area (Å²) in [6, 6.07) is 13.4. The van der Waals surface area contributed by atoms with Crippen molar-refractivity contribution in [1.29, 1.82) is 0 Å². The summed E-state index contributed by atoms with van der Waals surface area (Å²) >= 11 is 0. The number of benzene rings is 8. The summed E-state index contributed by atoms with van der Waals surface area (Å²) in [6.45, 7) is 0. The van der Waals surface area contributed by atoms with Gasteiger partial charge in [-0.3, -0.25) is 0 Å². The Kier molecular flexibility index (Phi) is 4.00. The number of fused-ring (bicyclic) bond motifs is 6. The Morgan fingerprint density at radius 2 is 1.04 bits per heavy atom. The molecule has 238 valence electrons. The van der Waals surface area contributed by atoms with Crippen LogP contribution in [0.25, 0.3) is 99.9 Å². The number of hydrogen-bond donors (Lipinski definition) is 0. The SMILES string of the molecule is [2H]c1c([2H])c([2H])c(-c2c([2H])c([2H])c(-c3nc(-c4ccccc4)nc(-c4ccc5oc6cc(-c7c([2H])c([2H])c([2H])c8c([2H])c([2H])c([2H])c([2H])c78)c7ccccc7c6c5c4)n3)c([2H])c2[2H])c([2H])c1[2H]. The number of nitrogens with zero attached hydrogens (tertiary/aromatic N) is 3. The highest BCUT2D eigenvalue weighted by molar-refractivity contribution is 6.23. The van der Waals surface area contributed by atoms with Crippen molar-refractivity contribution in [2.45, 2.75) is 0 Å². The number of furan rings is 1.